The normalized spacial score (nSPS) is 13.7. The molecule has 0 spiro atoms. The second-order valence-corrected chi connectivity index (χ2v) is 5.82. The SMILES string of the molecule is Cc1ccc(OCC(C)NC(C)c2ccc(C)cc2)cc1. The molecular weight excluding hydrogens is 258 g/mol. The molecule has 0 fully saturated rings. The van der Waals surface area contributed by atoms with Crippen molar-refractivity contribution in [2.45, 2.75) is 39.8 Å². The number of hydrogen-bond acceptors (Lipinski definition) is 2. The molecule has 0 aliphatic carbocycles. The van der Waals surface area contributed by atoms with E-state index in [-0.39, 0.29) is 0 Å². The monoisotopic (exact) mass is 283 g/mol. The second-order valence-electron chi connectivity index (χ2n) is 5.82. The summed E-state index contributed by atoms with van der Waals surface area (Å²) < 4.78 is 5.82. The van der Waals surface area contributed by atoms with Gasteiger partial charge in [-0.3, -0.25) is 0 Å². The Bertz CT molecular complexity index is 545. The largest absolute Gasteiger partial charge is 0.492 e. The van der Waals surface area contributed by atoms with Gasteiger partial charge in [-0.25, -0.2) is 0 Å². The lowest BCUT2D eigenvalue weighted by Gasteiger charge is -2.21. The first-order chi connectivity index (χ1) is 10.0. The molecule has 21 heavy (non-hydrogen) atoms. The number of hydrogen-bond donors (Lipinski definition) is 1. The summed E-state index contributed by atoms with van der Waals surface area (Å²) in [6.45, 7) is 9.20. The van der Waals surface area contributed by atoms with Crippen LogP contribution in [0.25, 0.3) is 0 Å². The Morgan fingerprint density at radius 3 is 1.95 bits per heavy atom. The zero-order chi connectivity index (χ0) is 15.2. The van der Waals surface area contributed by atoms with Gasteiger partial charge in [-0.15, -0.1) is 0 Å². The molecule has 0 bridgehead atoms. The summed E-state index contributed by atoms with van der Waals surface area (Å²) in [7, 11) is 0. The fraction of sp³-hybridized carbons (Fsp3) is 0.368. The van der Waals surface area contributed by atoms with E-state index in [9.17, 15) is 0 Å². The Balaban J connectivity index is 1.82. The molecule has 0 saturated carbocycles. The van der Waals surface area contributed by atoms with Crippen LogP contribution in [-0.4, -0.2) is 12.6 Å². The molecule has 2 atom stereocenters. The minimum absolute atomic E-state index is 0.294. The van der Waals surface area contributed by atoms with Gasteiger partial charge in [0, 0.05) is 12.1 Å². The molecule has 2 rings (SSSR count). The number of benzene rings is 2. The van der Waals surface area contributed by atoms with Crippen molar-refractivity contribution in [3.05, 3.63) is 65.2 Å². The third kappa shape index (κ3) is 4.91. The van der Waals surface area contributed by atoms with Crippen LogP contribution in [0, 0.1) is 13.8 Å². The molecule has 0 aromatic heterocycles. The first kappa shape index (κ1) is 15.6. The highest BCUT2D eigenvalue weighted by molar-refractivity contribution is 5.26. The maximum Gasteiger partial charge on any atom is 0.119 e. The smallest absolute Gasteiger partial charge is 0.119 e. The zero-order valence-corrected chi connectivity index (χ0v) is 13.4. The average molecular weight is 283 g/mol. The van der Waals surface area contributed by atoms with Gasteiger partial charge in [-0.05, 0) is 45.4 Å². The van der Waals surface area contributed by atoms with Crippen molar-refractivity contribution in [3.63, 3.8) is 0 Å². The lowest BCUT2D eigenvalue weighted by atomic mass is 10.1. The lowest BCUT2D eigenvalue weighted by molar-refractivity contribution is 0.264. The highest BCUT2D eigenvalue weighted by atomic mass is 16.5. The molecule has 1 N–H and O–H groups in total. The first-order valence-electron chi connectivity index (χ1n) is 7.56. The van der Waals surface area contributed by atoms with Gasteiger partial charge in [-0.1, -0.05) is 47.5 Å². The van der Waals surface area contributed by atoms with Crippen LogP contribution in [-0.2, 0) is 0 Å². The number of nitrogens with one attached hydrogen (secondary N) is 1. The molecule has 0 heterocycles. The number of aryl methyl sites for hydroxylation is 2. The Labute approximate surface area is 128 Å². The highest BCUT2D eigenvalue weighted by Crippen LogP contribution is 2.15. The van der Waals surface area contributed by atoms with Crippen molar-refractivity contribution < 1.29 is 4.74 Å². The molecule has 2 heteroatoms. The van der Waals surface area contributed by atoms with Crippen molar-refractivity contribution in [2.24, 2.45) is 0 Å². The predicted molar refractivity (Wildman–Crippen MR) is 88.9 cm³/mol. The topological polar surface area (TPSA) is 21.3 Å². The van der Waals surface area contributed by atoms with Crippen LogP contribution in [0.5, 0.6) is 5.75 Å². The van der Waals surface area contributed by atoms with Crippen molar-refractivity contribution in [1.82, 2.24) is 5.32 Å². The van der Waals surface area contributed by atoms with Crippen molar-refractivity contribution >= 4 is 0 Å². The first-order valence-corrected chi connectivity index (χ1v) is 7.56. The van der Waals surface area contributed by atoms with E-state index in [0.717, 1.165) is 5.75 Å². The van der Waals surface area contributed by atoms with Crippen LogP contribution >= 0.6 is 0 Å². The van der Waals surface area contributed by atoms with Crippen LogP contribution in [0.15, 0.2) is 48.5 Å². The Hall–Kier alpha value is -1.80. The summed E-state index contributed by atoms with van der Waals surface area (Å²) >= 11 is 0. The van der Waals surface area contributed by atoms with E-state index in [2.05, 4.69) is 69.4 Å². The summed E-state index contributed by atoms with van der Waals surface area (Å²) in [5.74, 6) is 0.928. The predicted octanol–water partition coefficient (Wildman–Crippen LogP) is 4.42. The Morgan fingerprint density at radius 2 is 1.38 bits per heavy atom. The maximum absolute atomic E-state index is 5.82. The van der Waals surface area contributed by atoms with E-state index >= 15 is 0 Å². The zero-order valence-electron chi connectivity index (χ0n) is 13.4. The van der Waals surface area contributed by atoms with Gasteiger partial charge >= 0.3 is 0 Å². The van der Waals surface area contributed by atoms with E-state index in [1.807, 2.05) is 12.1 Å². The van der Waals surface area contributed by atoms with Gasteiger partial charge in [0.05, 0.1) is 0 Å². The standard InChI is InChI=1S/C19H25NO/c1-14-5-9-18(10-6-14)17(4)20-16(3)13-21-19-11-7-15(2)8-12-19/h5-12,16-17,20H,13H2,1-4H3. The summed E-state index contributed by atoms with van der Waals surface area (Å²) in [6.07, 6.45) is 0. The van der Waals surface area contributed by atoms with Crippen LogP contribution in [0.3, 0.4) is 0 Å². The molecule has 0 aliphatic rings. The molecule has 0 aliphatic heterocycles. The third-order valence-corrected chi connectivity index (χ3v) is 3.63. The fourth-order valence-electron chi connectivity index (χ4n) is 2.28. The molecule has 0 amide bonds. The summed E-state index contributed by atoms with van der Waals surface area (Å²) in [6, 6.07) is 17.5. The average Bonchev–Trinajstić information content (AvgIpc) is 2.47. The van der Waals surface area contributed by atoms with Crippen molar-refractivity contribution in [3.8, 4) is 5.75 Å². The van der Waals surface area contributed by atoms with E-state index in [4.69, 9.17) is 4.74 Å². The molecule has 0 saturated heterocycles. The van der Waals surface area contributed by atoms with Gasteiger partial charge in [0.1, 0.15) is 12.4 Å². The molecular formula is C19H25NO. The molecule has 2 unspecified atom stereocenters. The van der Waals surface area contributed by atoms with Crippen LogP contribution in [0.1, 0.15) is 36.6 Å². The van der Waals surface area contributed by atoms with E-state index < -0.39 is 0 Å². The van der Waals surface area contributed by atoms with E-state index in [1.54, 1.807) is 0 Å². The second kappa shape index (κ2) is 7.28. The van der Waals surface area contributed by atoms with Crippen molar-refractivity contribution in [2.75, 3.05) is 6.61 Å². The van der Waals surface area contributed by atoms with E-state index in [0.29, 0.717) is 18.7 Å². The quantitative estimate of drug-likeness (QED) is 0.847. The minimum atomic E-state index is 0.294. The Morgan fingerprint density at radius 1 is 0.857 bits per heavy atom. The van der Waals surface area contributed by atoms with Gasteiger partial charge in [0.2, 0.25) is 0 Å². The minimum Gasteiger partial charge on any atom is -0.492 e. The summed E-state index contributed by atoms with van der Waals surface area (Å²) in [5.41, 5.74) is 3.85. The van der Waals surface area contributed by atoms with Crippen LogP contribution in [0.2, 0.25) is 0 Å². The van der Waals surface area contributed by atoms with Gasteiger partial charge in [-0.2, -0.15) is 0 Å². The molecule has 2 aromatic carbocycles. The molecule has 0 radical (unpaired) electrons. The maximum atomic E-state index is 5.82. The van der Waals surface area contributed by atoms with Gasteiger partial charge < -0.3 is 10.1 Å². The van der Waals surface area contributed by atoms with Gasteiger partial charge in [0.25, 0.3) is 0 Å². The molecule has 2 nitrogen and oxygen atoms in total. The molecule has 112 valence electrons. The lowest BCUT2D eigenvalue weighted by Crippen LogP contribution is -2.33. The number of rotatable bonds is 6. The highest BCUT2D eigenvalue weighted by Gasteiger charge is 2.09. The fourth-order valence-corrected chi connectivity index (χ4v) is 2.28. The summed E-state index contributed by atoms with van der Waals surface area (Å²) in [4.78, 5) is 0. The van der Waals surface area contributed by atoms with Crippen LogP contribution in [0.4, 0.5) is 0 Å². The van der Waals surface area contributed by atoms with E-state index in [1.165, 1.54) is 16.7 Å². The summed E-state index contributed by atoms with van der Waals surface area (Å²) in [5, 5.41) is 3.57. The van der Waals surface area contributed by atoms with Crippen molar-refractivity contribution in [1.29, 1.82) is 0 Å². The van der Waals surface area contributed by atoms with Gasteiger partial charge in [0.15, 0.2) is 0 Å². The number of ether oxygens (including phenoxy) is 1. The van der Waals surface area contributed by atoms with Crippen LogP contribution < -0.4 is 10.1 Å². The third-order valence-electron chi connectivity index (χ3n) is 3.63. The molecule has 2 aromatic rings. The Kier molecular flexibility index (Phi) is 5.40.